The molecule has 2 fully saturated rings. The minimum atomic E-state index is -0.548. The molecule has 1 amide bonds. The standard InChI is InChI=1S/C29H41N5O6/c1-19(18-37-5)31-26-30-16-22-24(32-26)23(20-6-10-29(11-7-20)38-14-15-39-29)17-34(25(22)35)21-8-12-33(13-9-21)27(36)40-28(2,3)4/h6,16-17,19,21H,7-15,18H2,1-5H3,(H,30,31,32). The summed E-state index contributed by atoms with van der Waals surface area (Å²) < 4.78 is 24.5. The highest BCUT2D eigenvalue weighted by Crippen LogP contribution is 2.39. The van der Waals surface area contributed by atoms with Crippen LogP contribution in [0.1, 0.15) is 71.4 Å². The first-order chi connectivity index (χ1) is 19.1. The zero-order valence-electron chi connectivity index (χ0n) is 24.2. The van der Waals surface area contributed by atoms with E-state index in [1.807, 2.05) is 38.5 Å². The summed E-state index contributed by atoms with van der Waals surface area (Å²) in [7, 11) is 1.65. The van der Waals surface area contributed by atoms with Crippen molar-refractivity contribution in [3.63, 3.8) is 0 Å². The Kier molecular flexibility index (Phi) is 8.17. The quantitative estimate of drug-likeness (QED) is 0.562. The van der Waals surface area contributed by atoms with Crippen molar-refractivity contribution in [1.29, 1.82) is 0 Å². The Labute approximate surface area is 234 Å². The van der Waals surface area contributed by atoms with E-state index in [2.05, 4.69) is 16.4 Å². The van der Waals surface area contributed by atoms with E-state index in [1.165, 1.54) is 0 Å². The summed E-state index contributed by atoms with van der Waals surface area (Å²) in [5, 5.41) is 3.75. The lowest BCUT2D eigenvalue weighted by atomic mass is 9.89. The summed E-state index contributed by atoms with van der Waals surface area (Å²) >= 11 is 0. The van der Waals surface area contributed by atoms with Crippen LogP contribution in [-0.4, -0.2) is 83.0 Å². The number of piperidine rings is 1. The lowest BCUT2D eigenvalue weighted by Crippen LogP contribution is -2.43. The summed E-state index contributed by atoms with van der Waals surface area (Å²) in [6.45, 7) is 10.4. The average Bonchev–Trinajstić information content (AvgIpc) is 3.37. The topological polar surface area (TPSA) is 117 Å². The molecule has 0 saturated carbocycles. The predicted molar refractivity (Wildman–Crippen MR) is 151 cm³/mol. The molecule has 0 radical (unpaired) electrons. The molecule has 2 saturated heterocycles. The van der Waals surface area contributed by atoms with Crippen LogP contribution in [0.15, 0.2) is 23.3 Å². The van der Waals surface area contributed by atoms with Gasteiger partial charge in [0.1, 0.15) is 5.60 Å². The number of allylic oxidation sites excluding steroid dienone is 1. The van der Waals surface area contributed by atoms with E-state index in [1.54, 1.807) is 18.2 Å². The van der Waals surface area contributed by atoms with Gasteiger partial charge in [-0.3, -0.25) is 4.79 Å². The van der Waals surface area contributed by atoms with Gasteiger partial charge in [0, 0.05) is 63.1 Å². The van der Waals surface area contributed by atoms with Crippen LogP contribution in [-0.2, 0) is 18.9 Å². The first kappa shape index (κ1) is 28.5. The fourth-order valence-corrected chi connectivity index (χ4v) is 5.69. The monoisotopic (exact) mass is 555 g/mol. The van der Waals surface area contributed by atoms with E-state index in [4.69, 9.17) is 23.9 Å². The second-order valence-electron chi connectivity index (χ2n) is 12.0. The molecule has 4 heterocycles. The zero-order valence-corrected chi connectivity index (χ0v) is 24.2. The number of methoxy groups -OCH3 is 1. The molecule has 5 rings (SSSR count). The molecule has 40 heavy (non-hydrogen) atoms. The van der Waals surface area contributed by atoms with Gasteiger partial charge in [0.2, 0.25) is 5.95 Å². The summed E-state index contributed by atoms with van der Waals surface area (Å²) in [6.07, 6.45) is 8.87. The minimum absolute atomic E-state index is 0.00634. The molecule has 1 unspecified atom stereocenters. The average molecular weight is 556 g/mol. The molecule has 0 bridgehead atoms. The summed E-state index contributed by atoms with van der Waals surface area (Å²) in [4.78, 5) is 37.4. The van der Waals surface area contributed by atoms with Gasteiger partial charge >= 0.3 is 6.09 Å². The number of ether oxygens (including phenoxy) is 4. The Bertz CT molecular complexity index is 1320. The van der Waals surface area contributed by atoms with Gasteiger partial charge in [-0.15, -0.1) is 0 Å². The van der Waals surface area contributed by atoms with Gasteiger partial charge in [-0.05, 0) is 52.5 Å². The van der Waals surface area contributed by atoms with Gasteiger partial charge in [-0.25, -0.2) is 14.8 Å². The van der Waals surface area contributed by atoms with Crippen LogP contribution in [0.4, 0.5) is 10.7 Å². The molecule has 1 N–H and O–H groups in total. The molecule has 1 atom stereocenters. The third-order valence-corrected chi connectivity index (χ3v) is 7.67. The molecule has 2 aromatic rings. The van der Waals surface area contributed by atoms with Crippen LogP contribution in [0.5, 0.6) is 0 Å². The van der Waals surface area contributed by atoms with Crippen LogP contribution in [0.3, 0.4) is 0 Å². The van der Waals surface area contributed by atoms with Gasteiger partial charge in [0.15, 0.2) is 5.79 Å². The van der Waals surface area contributed by atoms with E-state index < -0.39 is 11.4 Å². The molecule has 1 aliphatic carbocycles. The molecule has 2 aromatic heterocycles. The van der Waals surface area contributed by atoms with Crippen LogP contribution in [0, 0.1) is 0 Å². The van der Waals surface area contributed by atoms with Crippen molar-refractivity contribution in [2.45, 2.75) is 83.3 Å². The summed E-state index contributed by atoms with van der Waals surface area (Å²) in [6, 6.07) is -0.0438. The maximum atomic E-state index is 13.8. The minimum Gasteiger partial charge on any atom is -0.444 e. The fraction of sp³-hybridized carbons (Fsp3) is 0.655. The fourth-order valence-electron chi connectivity index (χ4n) is 5.69. The van der Waals surface area contributed by atoms with Gasteiger partial charge in [0.25, 0.3) is 5.56 Å². The Morgan fingerprint density at radius 2 is 1.98 bits per heavy atom. The van der Waals surface area contributed by atoms with Gasteiger partial charge < -0.3 is 33.7 Å². The van der Waals surface area contributed by atoms with Crippen molar-refractivity contribution >= 4 is 28.5 Å². The number of hydrogen-bond donors (Lipinski definition) is 1. The Morgan fingerprint density at radius 1 is 1.25 bits per heavy atom. The smallest absolute Gasteiger partial charge is 0.410 e. The zero-order chi connectivity index (χ0) is 28.5. The second-order valence-corrected chi connectivity index (χ2v) is 12.0. The number of amides is 1. The van der Waals surface area contributed by atoms with Gasteiger partial charge in [-0.1, -0.05) is 6.08 Å². The molecule has 218 valence electrons. The van der Waals surface area contributed by atoms with Crippen molar-refractivity contribution in [1.82, 2.24) is 19.4 Å². The summed E-state index contributed by atoms with van der Waals surface area (Å²) in [5.41, 5.74) is 1.99. The van der Waals surface area contributed by atoms with Crippen LogP contribution in [0.25, 0.3) is 16.5 Å². The molecular weight excluding hydrogens is 514 g/mol. The number of aromatic nitrogens is 3. The van der Waals surface area contributed by atoms with E-state index in [9.17, 15) is 9.59 Å². The lowest BCUT2D eigenvalue weighted by molar-refractivity contribution is -0.159. The Hall–Kier alpha value is -3.02. The third kappa shape index (κ3) is 6.16. The van der Waals surface area contributed by atoms with E-state index in [-0.39, 0.29) is 23.7 Å². The number of rotatable bonds is 6. The molecular formula is C29H41N5O6. The highest BCUT2D eigenvalue weighted by molar-refractivity contribution is 5.90. The maximum Gasteiger partial charge on any atom is 0.410 e. The first-order valence-corrected chi connectivity index (χ1v) is 14.2. The molecule has 11 nitrogen and oxygen atoms in total. The van der Waals surface area contributed by atoms with Crippen molar-refractivity contribution in [3.8, 4) is 0 Å². The number of fused-ring (bicyclic) bond motifs is 1. The number of carbonyl (C=O) groups is 1. The molecule has 3 aliphatic rings. The lowest BCUT2D eigenvalue weighted by Gasteiger charge is -2.34. The maximum absolute atomic E-state index is 13.8. The number of carbonyl (C=O) groups excluding carboxylic acids is 1. The normalized spacial score (nSPS) is 20.5. The van der Waals surface area contributed by atoms with E-state index >= 15 is 0 Å². The number of nitrogens with one attached hydrogen (secondary N) is 1. The van der Waals surface area contributed by atoms with Crippen molar-refractivity contribution in [2.75, 3.05) is 45.3 Å². The first-order valence-electron chi connectivity index (χ1n) is 14.2. The van der Waals surface area contributed by atoms with Crippen LogP contribution in [0.2, 0.25) is 0 Å². The largest absolute Gasteiger partial charge is 0.444 e. The second kappa shape index (κ2) is 11.5. The third-order valence-electron chi connectivity index (χ3n) is 7.67. The number of nitrogens with zero attached hydrogens (tertiary/aromatic N) is 4. The van der Waals surface area contributed by atoms with Gasteiger partial charge in [-0.2, -0.15) is 0 Å². The number of likely N-dealkylation sites (tertiary alicyclic amines) is 1. The van der Waals surface area contributed by atoms with E-state index in [0.717, 1.165) is 24.0 Å². The van der Waals surface area contributed by atoms with Crippen LogP contribution < -0.4 is 10.9 Å². The van der Waals surface area contributed by atoms with E-state index in [0.29, 0.717) is 69.0 Å². The summed E-state index contributed by atoms with van der Waals surface area (Å²) in [5.74, 6) is -0.0871. The number of hydrogen-bond acceptors (Lipinski definition) is 9. The highest BCUT2D eigenvalue weighted by Gasteiger charge is 2.38. The predicted octanol–water partition coefficient (Wildman–Crippen LogP) is 4.12. The molecule has 0 aromatic carbocycles. The SMILES string of the molecule is COCC(C)Nc1ncc2c(=O)n(C3CCN(C(=O)OC(C)(C)C)CC3)cc(C3=CCC4(CC3)OCCO4)c2n1. The van der Waals surface area contributed by atoms with Crippen LogP contribution >= 0.6 is 0 Å². The number of pyridine rings is 1. The molecule has 1 spiro atoms. The number of anilines is 1. The highest BCUT2D eigenvalue weighted by atomic mass is 16.7. The van der Waals surface area contributed by atoms with Crippen molar-refractivity contribution in [2.24, 2.45) is 0 Å². The molecule has 11 heteroatoms. The Balaban J connectivity index is 1.47. The molecule has 2 aliphatic heterocycles. The van der Waals surface area contributed by atoms with Crippen molar-refractivity contribution < 1.29 is 23.7 Å². The Morgan fingerprint density at radius 3 is 2.60 bits per heavy atom. The van der Waals surface area contributed by atoms with Crippen molar-refractivity contribution in [3.05, 3.63) is 34.4 Å². The van der Waals surface area contributed by atoms with Gasteiger partial charge in [0.05, 0.1) is 30.7 Å².